The Bertz CT molecular complexity index is 667. The lowest BCUT2D eigenvalue weighted by atomic mass is 9.98. The van der Waals surface area contributed by atoms with Crippen LogP contribution in [-0.2, 0) is 9.59 Å². The second-order valence-corrected chi connectivity index (χ2v) is 6.84. The molecule has 0 radical (unpaired) electrons. The molecule has 1 aliphatic heterocycles. The number of nitrogens with zero attached hydrogens (tertiary/aromatic N) is 1. The van der Waals surface area contributed by atoms with Crippen LogP contribution >= 0.6 is 0 Å². The van der Waals surface area contributed by atoms with E-state index < -0.39 is 12.1 Å². The van der Waals surface area contributed by atoms with Gasteiger partial charge in [-0.2, -0.15) is 0 Å². The van der Waals surface area contributed by atoms with Crippen molar-refractivity contribution in [3.05, 3.63) is 29.3 Å². The van der Waals surface area contributed by atoms with Crippen molar-refractivity contribution in [1.82, 2.24) is 10.2 Å². The summed E-state index contributed by atoms with van der Waals surface area (Å²) in [6.45, 7) is 9.46. The summed E-state index contributed by atoms with van der Waals surface area (Å²) in [6.07, 6.45) is 0. The minimum absolute atomic E-state index is 0.0153. The van der Waals surface area contributed by atoms with Gasteiger partial charge in [0, 0.05) is 5.69 Å². The third-order valence-electron chi connectivity index (χ3n) is 4.22. The van der Waals surface area contributed by atoms with Crippen LogP contribution in [0.25, 0.3) is 0 Å². The monoisotopic (exact) mass is 331 g/mol. The average molecular weight is 331 g/mol. The Labute approximate surface area is 142 Å². The highest BCUT2D eigenvalue weighted by atomic mass is 16.2. The Kier molecular flexibility index (Phi) is 5.26. The van der Waals surface area contributed by atoms with E-state index in [9.17, 15) is 14.4 Å². The first-order chi connectivity index (χ1) is 11.2. The number of carbonyl (C=O) groups excluding carboxylic acids is 3. The number of benzene rings is 1. The molecule has 4 amide bonds. The summed E-state index contributed by atoms with van der Waals surface area (Å²) in [5, 5.41) is 5.48. The van der Waals surface area contributed by atoms with Gasteiger partial charge in [-0.1, -0.05) is 45.9 Å². The molecule has 2 N–H and O–H groups in total. The van der Waals surface area contributed by atoms with Gasteiger partial charge in [0.2, 0.25) is 5.91 Å². The number of amides is 4. The molecular formula is C18H25N3O3. The molecule has 0 spiro atoms. The van der Waals surface area contributed by atoms with E-state index in [1.54, 1.807) is 0 Å². The van der Waals surface area contributed by atoms with E-state index in [4.69, 9.17) is 0 Å². The van der Waals surface area contributed by atoms with Crippen molar-refractivity contribution in [2.75, 3.05) is 11.9 Å². The highest BCUT2D eigenvalue weighted by Crippen LogP contribution is 2.27. The molecule has 0 saturated carbocycles. The van der Waals surface area contributed by atoms with Crippen LogP contribution in [-0.4, -0.2) is 35.3 Å². The van der Waals surface area contributed by atoms with Gasteiger partial charge in [-0.3, -0.25) is 14.5 Å². The Morgan fingerprint density at radius 1 is 1.25 bits per heavy atom. The topological polar surface area (TPSA) is 78.5 Å². The highest BCUT2D eigenvalue weighted by Gasteiger charge is 2.40. The normalized spacial score (nSPS) is 17.6. The standard InChI is InChI=1S/C18H25N3O3/c1-10(2)13-8-6-7-12(5)16(13)19-14(22)9-21-17(23)15(11(3)4)20-18(21)24/h6-8,10-11,15H,9H2,1-5H3,(H,19,22)(H,20,24). The van der Waals surface area contributed by atoms with Crippen molar-refractivity contribution < 1.29 is 14.4 Å². The minimum atomic E-state index is -0.560. The minimum Gasteiger partial charge on any atom is -0.326 e. The maximum absolute atomic E-state index is 12.4. The van der Waals surface area contributed by atoms with Crippen LogP contribution in [0.2, 0.25) is 0 Å². The number of nitrogens with one attached hydrogen (secondary N) is 2. The molecule has 1 heterocycles. The summed E-state index contributed by atoms with van der Waals surface area (Å²) < 4.78 is 0. The molecular weight excluding hydrogens is 306 g/mol. The molecule has 1 aromatic rings. The number of imide groups is 1. The molecule has 130 valence electrons. The average Bonchev–Trinajstić information content (AvgIpc) is 2.77. The zero-order valence-electron chi connectivity index (χ0n) is 14.8. The number of hydrogen-bond acceptors (Lipinski definition) is 3. The van der Waals surface area contributed by atoms with Crippen LogP contribution in [0.1, 0.15) is 44.7 Å². The molecule has 0 bridgehead atoms. The molecule has 2 rings (SSSR count). The summed E-state index contributed by atoms with van der Waals surface area (Å²) in [5.74, 6) is -0.487. The van der Waals surface area contributed by atoms with E-state index in [1.165, 1.54) is 0 Å². The predicted octanol–water partition coefficient (Wildman–Crippen LogP) is 2.63. The molecule has 6 nitrogen and oxygen atoms in total. The fourth-order valence-corrected chi connectivity index (χ4v) is 2.81. The largest absolute Gasteiger partial charge is 0.326 e. The third-order valence-corrected chi connectivity index (χ3v) is 4.22. The van der Waals surface area contributed by atoms with E-state index in [-0.39, 0.29) is 30.2 Å². The summed E-state index contributed by atoms with van der Waals surface area (Å²) in [6, 6.07) is 4.77. The van der Waals surface area contributed by atoms with Gasteiger partial charge in [-0.05, 0) is 29.9 Å². The Morgan fingerprint density at radius 3 is 2.46 bits per heavy atom. The van der Waals surface area contributed by atoms with Crippen molar-refractivity contribution in [2.45, 2.75) is 46.6 Å². The van der Waals surface area contributed by atoms with Crippen LogP contribution in [0.5, 0.6) is 0 Å². The van der Waals surface area contributed by atoms with Crippen molar-refractivity contribution in [3.63, 3.8) is 0 Å². The molecule has 0 aromatic heterocycles. The SMILES string of the molecule is Cc1cccc(C(C)C)c1NC(=O)CN1C(=O)NC(C(C)C)C1=O. The number of hydrogen-bond donors (Lipinski definition) is 2. The zero-order chi connectivity index (χ0) is 18.0. The van der Waals surface area contributed by atoms with Crippen molar-refractivity contribution in [2.24, 2.45) is 5.92 Å². The summed E-state index contributed by atoms with van der Waals surface area (Å²) in [7, 11) is 0. The number of aryl methyl sites for hydroxylation is 1. The van der Waals surface area contributed by atoms with E-state index in [1.807, 2.05) is 39.0 Å². The lowest BCUT2D eigenvalue weighted by Crippen LogP contribution is -2.39. The van der Waals surface area contributed by atoms with E-state index in [0.717, 1.165) is 21.7 Å². The van der Waals surface area contributed by atoms with Crippen molar-refractivity contribution >= 4 is 23.5 Å². The Balaban J connectivity index is 2.12. The first-order valence-corrected chi connectivity index (χ1v) is 8.23. The molecule has 6 heteroatoms. The fourth-order valence-electron chi connectivity index (χ4n) is 2.81. The number of anilines is 1. The fraction of sp³-hybridized carbons (Fsp3) is 0.500. The molecule has 1 saturated heterocycles. The van der Waals surface area contributed by atoms with Gasteiger partial charge in [-0.25, -0.2) is 4.79 Å². The van der Waals surface area contributed by atoms with Gasteiger partial charge in [0.25, 0.3) is 5.91 Å². The van der Waals surface area contributed by atoms with E-state index in [2.05, 4.69) is 24.5 Å². The third kappa shape index (κ3) is 3.58. The van der Waals surface area contributed by atoms with Crippen LogP contribution < -0.4 is 10.6 Å². The second-order valence-electron chi connectivity index (χ2n) is 6.84. The lowest BCUT2D eigenvalue weighted by Gasteiger charge is -2.18. The quantitative estimate of drug-likeness (QED) is 0.814. The number of rotatable bonds is 5. The van der Waals surface area contributed by atoms with E-state index >= 15 is 0 Å². The molecule has 1 aliphatic rings. The van der Waals surface area contributed by atoms with Gasteiger partial charge in [0.15, 0.2) is 0 Å². The maximum atomic E-state index is 12.4. The number of urea groups is 1. The first kappa shape index (κ1) is 18.0. The van der Waals surface area contributed by atoms with Crippen molar-refractivity contribution in [1.29, 1.82) is 0 Å². The zero-order valence-corrected chi connectivity index (χ0v) is 14.8. The Morgan fingerprint density at radius 2 is 1.92 bits per heavy atom. The van der Waals surface area contributed by atoms with Crippen molar-refractivity contribution in [3.8, 4) is 0 Å². The van der Waals surface area contributed by atoms with Crippen LogP contribution in [0.4, 0.5) is 10.5 Å². The van der Waals surface area contributed by atoms with Gasteiger partial charge < -0.3 is 10.6 Å². The molecule has 0 aliphatic carbocycles. The van der Waals surface area contributed by atoms with Crippen LogP contribution in [0.3, 0.4) is 0 Å². The smallest absolute Gasteiger partial charge is 0.325 e. The lowest BCUT2D eigenvalue weighted by molar-refractivity contribution is -0.131. The maximum Gasteiger partial charge on any atom is 0.325 e. The van der Waals surface area contributed by atoms with Gasteiger partial charge in [0.05, 0.1) is 0 Å². The molecule has 1 unspecified atom stereocenters. The predicted molar refractivity (Wildman–Crippen MR) is 92.8 cm³/mol. The van der Waals surface area contributed by atoms with Gasteiger partial charge >= 0.3 is 6.03 Å². The van der Waals surface area contributed by atoms with Gasteiger partial charge in [-0.15, -0.1) is 0 Å². The second kappa shape index (κ2) is 7.03. The van der Waals surface area contributed by atoms with Crippen LogP contribution in [0.15, 0.2) is 18.2 Å². The Hall–Kier alpha value is -2.37. The summed E-state index contributed by atoms with van der Waals surface area (Å²) >= 11 is 0. The number of para-hydroxylation sites is 1. The number of carbonyl (C=O) groups is 3. The highest BCUT2D eigenvalue weighted by molar-refractivity contribution is 6.08. The molecule has 1 aromatic carbocycles. The summed E-state index contributed by atoms with van der Waals surface area (Å²) in [5.41, 5.74) is 2.73. The van der Waals surface area contributed by atoms with Crippen LogP contribution in [0, 0.1) is 12.8 Å². The molecule has 1 fully saturated rings. The van der Waals surface area contributed by atoms with Gasteiger partial charge in [0.1, 0.15) is 12.6 Å². The first-order valence-electron chi connectivity index (χ1n) is 8.23. The van der Waals surface area contributed by atoms with E-state index in [0.29, 0.717) is 0 Å². The molecule has 24 heavy (non-hydrogen) atoms. The molecule has 1 atom stereocenters. The summed E-state index contributed by atoms with van der Waals surface area (Å²) in [4.78, 5) is 37.6.